The molecule has 0 spiro atoms. The third kappa shape index (κ3) is 4.01. The number of nitrogens with one attached hydrogen (secondary N) is 1. The normalized spacial score (nSPS) is 14.9. The first-order valence-electron chi connectivity index (χ1n) is 10.1. The zero-order valence-corrected chi connectivity index (χ0v) is 18.5. The molecule has 0 aliphatic carbocycles. The molecule has 0 radical (unpaired) electrons. The highest BCUT2D eigenvalue weighted by molar-refractivity contribution is 9.10. The molecule has 5 rings (SSSR count). The molecule has 2 aromatic heterocycles. The van der Waals surface area contributed by atoms with E-state index in [2.05, 4.69) is 43.2 Å². The maximum absolute atomic E-state index is 12.9. The standard InChI is InChI=1S/C25H18BrN5O/c26-22-10-5-15-30-21(17-27-24(22)30)12-11-18-6-4-9-20(16-18)29-25(32)31-23(13-14-28-31)19-7-2-1-3-8-19/h1-10,14-17,23H,13H2,(H,29,32). The van der Waals surface area contributed by atoms with Crippen molar-refractivity contribution in [3.63, 3.8) is 0 Å². The first-order valence-corrected chi connectivity index (χ1v) is 10.9. The molecule has 156 valence electrons. The number of pyridine rings is 1. The van der Waals surface area contributed by atoms with Crippen molar-refractivity contribution >= 4 is 39.5 Å². The van der Waals surface area contributed by atoms with Gasteiger partial charge in [0.25, 0.3) is 0 Å². The SMILES string of the molecule is O=C(Nc1cccc(C#Cc2cnc3c(Br)cccn23)c1)N1N=CCC1c1ccccc1. The summed E-state index contributed by atoms with van der Waals surface area (Å²) in [6.45, 7) is 0. The Morgan fingerprint density at radius 2 is 1.94 bits per heavy atom. The quantitative estimate of drug-likeness (QED) is 0.384. The second kappa shape index (κ2) is 8.69. The van der Waals surface area contributed by atoms with Crippen molar-refractivity contribution in [3.8, 4) is 11.8 Å². The van der Waals surface area contributed by atoms with Crippen LogP contribution in [0.5, 0.6) is 0 Å². The summed E-state index contributed by atoms with van der Waals surface area (Å²) < 4.78 is 2.84. The van der Waals surface area contributed by atoms with Crippen molar-refractivity contribution < 1.29 is 4.79 Å². The van der Waals surface area contributed by atoms with Gasteiger partial charge in [0.1, 0.15) is 5.69 Å². The fourth-order valence-electron chi connectivity index (χ4n) is 3.62. The lowest BCUT2D eigenvalue weighted by Gasteiger charge is -2.22. The number of hydrogen-bond donors (Lipinski definition) is 1. The van der Waals surface area contributed by atoms with Crippen LogP contribution in [-0.2, 0) is 0 Å². The van der Waals surface area contributed by atoms with E-state index in [4.69, 9.17) is 0 Å². The number of hydrogen-bond acceptors (Lipinski definition) is 3. The maximum atomic E-state index is 12.9. The molecule has 7 heteroatoms. The molecule has 2 amide bonds. The second-order valence-corrected chi connectivity index (χ2v) is 8.11. The molecule has 32 heavy (non-hydrogen) atoms. The van der Waals surface area contributed by atoms with Crippen LogP contribution in [0.1, 0.15) is 29.3 Å². The van der Waals surface area contributed by atoms with E-state index in [1.54, 1.807) is 12.4 Å². The maximum Gasteiger partial charge on any atom is 0.342 e. The Kier molecular flexibility index (Phi) is 5.44. The average Bonchev–Trinajstić information content (AvgIpc) is 3.47. The van der Waals surface area contributed by atoms with Gasteiger partial charge in [0, 0.05) is 30.1 Å². The summed E-state index contributed by atoms with van der Waals surface area (Å²) in [7, 11) is 0. The molecule has 0 fully saturated rings. The summed E-state index contributed by atoms with van der Waals surface area (Å²) in [6, 6.07) is 20.9. The summed E-state index contributed by atoms with van der Waals surface area (Å²) in [6.07, 6.45) is 6.13. The van der Waals surface area contributed by atoms with Crippen molar-refractivity contribution in [2.75, 3.05) is 5.32 Å². The highest BCUT2D eigenvalue weighted by Crippen LogP contribution is 2.28. The van der Waals surface area contributed by atoms with Crippen molar-refractivity contribution in [2.45, 2.75) is 12.5 Å². The van der Waals surface area contributed by atoms with Gasteiger partial charge in [-0.3, -0.25) is 4.40 Å². The summed E-state index contributed by atoms with van der Waals surface area (Å²) in [4.78, 5) is 17.3. The topological polar surface area (TPSA) is 62.0 Å². The smallest absolute Gasteiger partial charge is 0.306 e. The minimum Gasteiger partial charge on any atom is -0.306 e. The molecule has 1 N–H and O–H groups in total. The highest BCUT2D eigenvalue weighted by Gasteiger charge is 2.28. The van der Waals surface area contributed by atoms with Gasteiger partial charge >= 0.3 is 6.03 Å². The van der Waals surface area contributed by atoms with E-state index in [-0.39, 0.29) is 12.1 Å². The van der Waals surface area contributed by atoms with Gasteiger partial charge < -0.3 is 5.32 Å². The summed E-state index contributed by atoms with van der Waals surface area (Å²) in [5.41, 5.74) is 4.11. The van der Waals surface area contributed by atoms with Gasteiger partial charge in [-0.2, -0.15) is 5.10 Å². The van der Waals surface area contributed by atoms with Crippen LogP contribution >= 0.6 is 15.9 Å². The molecular formula is C25H18BrN5O. The number of anilines is 1. The van der Waals surface area contributed by atoms with Crippen molar-refractivity contribution in [2.24, 2.45) is 5.10 Å². The van der Waals surface area contributed by atoms with Crippen LogP contribution in [0.2, 0.25) is 0 Å². The lowest BCUT2D eigenvalue weighted by molar-refractivity contribution is 0.200. The Morgan fingerprint density at radius 1 is 1.06 bits per heavy atom. The largest absolute Gasteiger partial charge is 0.342 e. The molecule has 0 bridgehead atoms. The number of nitrogens with zero attached hydrogens (tertiary/aromatic N) is 4. The Bertz CT molecular complexity index is 1380. The third-order valence-electron chi connectivity index (χ3n) is 5.16. The van der Waals surface area contributed by atoms with E-state index in [1.165, 1.54) is 5.01 Å². The number of aromatic nitrogens is 2. The van der Waals surface area contributed by atoms with Gasteiger partial charge in [0.15, 0.2) is 5.65 Å². The van der Waals surface area contributed by atoms with Crippen molar-refractivity contribution in [3.05, 3.63) is 100 Å². The summed E-state index contributed by atoms with van der Waals surface area (Å²) in [5.74, 6) is 6.31. The van der Waals surface area contributed by atoms with E-state index in [9.17, 15) is 4.79 Å². The fraction of sp³-hybridized carbons (Fsp3) is 0.0800. The lowest BCUT2D eigenvalue weighted by Crippen LogP contribution is -2.31. The number of amides is 2. The number of urea groups is 1. The van der Waals surface area contributed by atoms with E-state index in [0.29, 0.717) is 12.1 Å². The lowest BCUT2D eigenvalue weighted by atomic mass is 10.1. The number of rotatable bonds is 2. The number of carbonyl (C=O) groups is 1. The molecule has 1 aliphatic rings. The molecule has 1 atom stereocenters. The fourth-order valence-corrected chi connectivity index (χ4v) is 4.07. The molecule has 2 aromatic carbocycles. The van der Waals surface area contributed by atoms with Crippen LogP contribution < -0.4 is 5.32 Å². The number of fused-ring (bicyclic) bond motifs is 1. The first-order chi connectivity index (χ1) is 15.7. The Hall–Kier alpha value is -3.89. The summed E-state index contributed by atoms with van der Waals surface area (Å²) >= 11 is 3.50. The van der Waals surface area contributed by atoms with Crippen LogP contribution in [0.15, 0.2) is 88.7 Å². The predicted octanol–water partition coefficient (Wildman–Crippen LogP) is 5.46. The number of imidazole rings is 1. The van der Waals surface area contributed by atoms with Crippen LogP contribution in [0.4, 0.5) is 10.5 Å². The zero-order valence-electron chi connectivity index (χ0n) is 16.9. The third-order valence-corrected chi connectivity index (χ3v) is 5.78. The first kappa shape index (κ1) is 20.0. The number of halogens is 1. The molecule has 1 unspecified atom stereocenters. The van der Waals surface area contributed by atoms with E-state index >= 15 is 0 Å². The molecule has 3 heterocycles. The van der Waals surface area contributed by atoms with Gasteiger partial charge in [-0.15, -0.1) is 0 Å². The molecule has 0 saturated heterocycles. The van der Waals surface area contributed by atoms with Gasteiger partial charge in [0.2, 0.25) is 0 Å². The molecule has 1 aliphatic heterocycles. The van der Waals surface area contributed by atoms with Gasteiger partial charge in [0.05, 0.1) is 16.7 Å². The Labute approximate surface area is 193 Å². The van der Waals surface area contributed by atoms with Crippen LogP contribution in [-0.4, -0.2) is 26.6 Å². The highest BCUT2D eigenvalue weighted by atomic mass is 79.9. The Morgan fingerprint density at radius 3 is 2.81 bits per heavy atom. The second-order valence-electron chi connectivity index (χ2n) is 7.26. The van der Waals surface area contributed by atoms with Gasteiger partial charge in [-0.1, -0.05) is 42.3 Å². The van der Waals surface area contributed by atoms with E-state index in [1.807, 2.05) is 77.3 Å². The zero-order chi connectivity index (χ0) is 21.9. The van der Waals surface area contributed by atoms with E-state index in [0.717, 1.165) is 26.9 Å². The van der Waals surface area contributed by atoms with Crippen molar-refractivity contribution in [1.82, 2.24) is 14.4 Å². The number of carbonyl (C=O) groups excluding carboxylic acids is 1. The van der Waals surface area contributed by atoms with E-state index < -0.39 is 0 Å². The van der Waals surface area contributed by atoms with Crippen LogP contribution in [0.3, 0.4) is 0 Å². The average molecular weight is 484 g/mol. The molecular weight excluding hydrogens is 466 g/mol. The number of benzene rings is 2. The van der Waals surface area contributed by atoms with Crippen LogP contribution in [0, 0.1) is 11.8 Å². The Balaban J connectivity index is 1.34. The molecule has 0 saturated carbocycles. The van der Waals surface area contributed by atoms with Gasteiger partial charge in [-0.25, -0.2) is 14.8 Å². The van der Waals surface area contributed by atoms with Crippen LogP contribution in [0.25, 0.3) is 5.65 Å². The molecule has 4 aromatic rings. The molecule has 6 nitrogen and oxygen atoms in total. The van der Waals surface area contributed by atoms with Gasteiger partial charge in [-0.05, 0) is 57.7 Å². The minimum atomic E-state index is -0.274. The predicted molar refractivity (Wildman–Crippen MR) is 128 cm³/mol. The number of hydrazone groups is 1. The monoisotopic (exact) mass is 483 g/mol. The van der Waals surface area contributed by atoms with Crippen molar-refractivity contribution in [1.29, 1.82) is 0 Å². The summed E-state index contributed by atoms with van der Waals surface area (Å²) in [5, 5.41) is 8.70. The minimum absolute atomic E-state index is 0.103.